The predicted octanol–water partition coefficient (Wildman–Crippen LogP) is 3.34. The molecule has 0 spiro atoms. The van der Waals surface area contributed by atoms with Crippen LogP contribution < -0.4 is 21.5 Å². The van der Waals surface area contributed by atoms with Crippen LogP contribution in [0.2, 0.25) is 10.0 Å². The van der Waals surface area contributed by atoms with Crippen LogP contribution in [0.5, 0.6) is 0 Å². The van der Waals surface area contributed by atoms with Crippen LogP contribution >= 0.6 is 23.2 Å². The molecule has 30 heavy (non-hydrogen) atoms. The number of imidazole rings is 1. The van der Waals surface area contributed by atoms with E-state index in [9.17, 15) is 0 Å². The molecule has 152 valence electrons. The summed E-state index contributed by atoms with van der Waals surface area (Å²) in [7, 11) is 0. The monoisotopic (exact) mass is 498 g/mol. The lowest BCUT2D eigenvalue weighted by molar-refractivity contribution is -0.710. The first kappa shape index (κ1) is 21.2. The Morgan fingerprint density at radius 2 is 1.43 bits per heavy atom. The van der Waals surface area contributed by atoms with Crippen molar-refractivity contribution in [2.45, 2.75) is 25.4 Å². The minimum absolute atomic E-state index is 0. The van der Waals surface area contributed by atoms with Gasteiger partial charge in [-0.2, -0.15) is 0 Å². The van der Waals surface area contributed by atoms with Crippen LogP contribution in [0.3, 0.4) is 0 Å². The fraction of sp³-hybridized carbons (Fsp3) is 0.160. The summed E-state index contributed by atoms with van der Waals surface area (Å²) in [5.41, 5.74) is 4.85. The molecule has 3 aromatic carbocycles. The van der Waals surface area contributed by atoms with E-state index in [0.29, 0.717) is 10.0 Å². The number of nitrogens with zero attached hydrogens (tertiary/aromatic N) is 2. The molecule has 0 radical (unpaired) electrons. The molecule has 0 N–H and O–H groups in total. The predicted molar refractivity (Wildman–Crippen MR) is 119 cm³/mol. The van der Waals surface area contributed by atoms with Gasteiger partial charge in [-0.05, 0) is 24.6 Å². The van der Waals surface area contributed by atoms with Crippen molar-refractivity contribution >= 4 is 23.2 Å². The number of benzene rings is 3. The molecule has 4 aromatic rings. The summed E-state index contributed by atoms with van der Waals surface area (Å²) in [6, 6.07) is 27.5. The van der Waals surface area contributed by atoms with Crippen molar-refractivity contribution in [3.63, 3.8) is 0 Å². The number of halogens is 3. The molecular formula is C25H21BrCl2N2. The van der Waals surface area contributed by atoms with Gasteiger partial charge in [-0.25, -0.2) is 9.13 Å². The Morgan fingerprint density at radius 1 is 0.800 bits per heavy atom. The molecule has 1 aliphatic rings. The van der Waals surface area contributed by atoms with E-state index in [2.05, 4.69) is 82.1 Å². The van der Waals surface area contributed by atoms with E-state index in [1.165, 1.54) is 22.6 Å². The topological polar surface area (TPSA) is 8.81 Å². The number of hydrogen-bond acceptors (Lipinski definition) is 0. The first-order valence-corrected chi connectivity index (χ1v) is 10.7. The summed E-state index contributed by atoms with van der Waals surface area (Å²) in [6.07, 6.45) is 4.50. The van der Waals surface area contributed by atoms with Crippen LogP contribution in [0, 0.1) is 0 Å². The van der Waals surface area contributed by atoms with Crippen LogP contribution in [0.4, 0.5) is 0 Å². The van der Waals surface area contributed by atoms with Crippen molar-refractivity contribution in [2.75, 3.05) is 0 Å². The highest BCUT2D eigenvalue weighted by Gasteiger charge is 2.33. The highest BCUT2D eigenvalue weighted by molar-refractivity contribution is 6.42. The maximum atomic E-state index is 6.33. The van der Waals surface area contributed by atoms with Crippen LogP contribution in [0.25, 0.3) is 11.3 Å². The molecule has 1 aromatic heterocycles. The fourth-order valence-electron chi connectivity index (χ4n) is 4.36. The second-order valence-corrected chi connectivity index (χ2v) is 8.26. The molecule has 2 heterocycles. The van der Waals surface area contributed by atoms with Crippen LogP contribution in [-0.4, -0.2) is 4.57 Å². The molecule has 0 saturated carbocycles. The van der Waals surface area contributed by atoms with Gasteiger partial charge in [0.2, 0.25) is 0 Å². The number of hydrogen-bond donors (Lipinski definition) is 0. The van der Waals surface area contributed by atoms with E-state index in [1.807, 2.05) is 12.1 Å². The van der Waals surface area contributed by atoms with E-state index < -0.39 is 0 Å². The SMILES string of the molecule is Clc1ccc(-c2c[n+](C(c3ccccc3)c3ccccc3)c3n2CCC3)cc1Cl.[Br-]. The largest absolute Gasteiger partial charge is 1.00 e. The Hall–Kier alpha value is -2.07. The maximum Gasteiger partial charge on any atom is 0.257 e. The molecule has 0 atom stereocenters. The van der Waals surface area contributed by atoms with Crippen molar-refractivity contribution in [1.82, 2.24) is 4.57 Å². The standard InChI is InChI=1S/C25H21Cl2N2.BrH/c26-21-14-13-20(16-22(21)27)23-17-29(24-12-7-15-28(23)24)25(18-8-3-1-4-9-18)19-10-5-2-6-11-19;/h1-6,8-11,13-14,16-17,25H,7,12,15H2;1H/q+1;/p-1. The summed E-state index contributed by atoms with van der Waals surface area (Å²) < 4.78 is 4.87. The first-order valence-electron chi connectivity index (χ1n) is 9.91. The normalized spacial score (nSPS) is 12.6. The first-order chi connectivity index (χ1) is 14.2. The van der Waals surface area contributed by atoms with Gasteiger partial charge in [0.05, 0.1) is 23.0 Å². The summed E-state index contributed by atoms with van der Waals surface area (Å²) >= 11 is 12.5. The van der Waals surface area contributed by atoms with Crippen molar-refractivity contribution in [2.24, 2.45) is 0 Å². The summed E-state index contributed by atoms with van der Waals surface area (Å²) in [4.78, 5) is 0. The molecule has 0 bridgehead atoms. The molecule has 0 aliphatic carbocycles. The molecule has 1 aliphatic heterocycles. The highest BCUT2D eigenvalue weighted by atomic mass is 79.9. The van der Waals surface area contributed by atoms with Gasteiger partial charge < -0.3 is 17.0 Å². The van der Waals surface area contributed by atoms with E-state index >= 15 is 0 Å². The second kappa shape index (κ2) is 8.97. The van der Waals surface area contributed by atoms with Gasteiger partial charge in [-0.1, -0.05) is 83.9 Å². The molecule has 0 saturated heterocycles. The molecule has 5 heteroatoms. The van der Waals surface area contributed by atoms with Crippen molar-refractivity contribution in [3.05, 3.63) is 112 Å². The smallest absolute Gasteiger partial charge is 0.257 e. The Kier molecular flexibility index (Phi) is 6.33. The minimum atomic E-state index is 0. The number of aromatic nitrogens is 2. The number of fused-ring (bicyclic) bond motifs is 1. The molecule has 5 rings (SSSR count). The highest BCUT2D eigenvalue weighted by Crippen LogP contribution is 2.32. The third-order valence-corrected chi connectivity index (χ3v) is 6.41. The van der Waals surface area contributed by atoms with Crippen molar-refractivity contribution in [3.8, 4) is 11.3 Å². The quantitative estimate of drug-likeness (QED) is 0.381. The maximum absolute atomic E-state index is 6.33. The molecule has 0 amide bonds. The second-order valence-electron chi connectivity index (χ2n) is 7.45. The zero-order chi connectivity index (χ0) is 19.8. The zero-order valence-corrected chi connectivity index (χ0v) is 19.4. The lowest BCUT2D eigenvalue weighted by Crippen LogP contribution is -3.00. The fourth-order valence-corrected chi connectivity index (χ4v) is 4.66. The van der Waals surface area contributed by atoms with E-state index in [1.54, 1.807) is 0 Å². The average Bonchev–Trinajstić information content (AvgIpc) is 3.36. The van der Waals surface area contributed by atoms with Gasteiger partial charge in [0.1, 0.15) is 6.20 Å². The van der Waals surface area contributed by atoms with Crippen molar-refractivity contribution in [1.29, 1.82) is 0 Å². The van der Waals surface area contributed by atoms with Gasteiger partial charge in [0, 0.05) is 16.7 Å². The Balaban J connectivity index is 0.00000218. The molecule has 2 nitrogen and oxygen atoms in total. The van der Waals surface area contributed by atoms with Crippen LogP contribution in [0.15, 0.2) is 85.1 Å². The lowest BCUT2D eigenvalue weighted by Gasteiger charge is -2.16. The summed E-state index contributed by atoms with van der Waals surface area (Å²) in [6.45, 7) is 1.02. The van der Waals surface area contributed by atoms with Gasteiger partial charge in [-0.15, -0.1) is 0 Å². The Bertz CT molecular complexity index is 1120. The average molecular weight is 500 g/mol. The van der Waals surface area contributed by atoms with Crippen LogP contribution in [0.1, 0.15) is 29.4 Å². The third-order valence-electron chi connectivity index (χ3n) is 5.67. The van der Waals surface area contributed by atoms with E-state index in [-0.39, 0.29) is 23.0 Å². The van der Waals surface area contributed by atoms with Crippen molar-refractivity contribution < 1.29 is 21.5 Å². The van der Waals surface area contributed by atoms with Gasteiger partial charge in [0.15, 0.2) is 11.7 Å². The molecule has 0 fully saturated rings. The summed E-state index contributed by atoms with van der Waals surface area (Å²) in [5.74, 6) is 1.35. The number of rotatable bonds is 4. The lowest BCUT2D eigenvalue weighted by atomic mass is 9.98. The molecule has 0 unspecified atom stereocenters. The van der Waals surface area contributed by atoms with Gasteiger partial charge in [0.25, 0.3) is 5.82 Å². The molecular weight excluding hydrogens is 479 g/mol. The third kappa shape index (κ3) is 3.82. The van der Waals surface area contributed by atoms with Crippen LogP contribution in [-0.2, 0) is 13.0 Å². The minimum Gasteiger partial charge on any atom is -1.00 e. The van der Waals surface area contributed by atoms with E-state index in [4.69, 9.17) is 23.2 Å². The Labute approximate surface area is 197 Å². The van der Waals surface area contributed by atoms with E-state index in [0.717, 1.165) is 24.9 Å². The van der Waals surface area contributed by atoms with Gasteiger partial charge in [-0.3, -0.25) is 0 Å². The zero-order valence-electron chi connectivity index (χ0n) is 16.3. The summed E-state index contributed by atoms with van der Waals surface area (Å²) in [5, 5.41) is 1.18. The van der Waals surface area contributed by atoms with Gasteiger partial charge >= 0.3 is 0 Å². The Morgan fingerprint density at radius 3 is 2.03 bits per heavy atom.